The molecule has 3 aromatic rings. The second kappa shape index (κ2) is 9.56. The standard InChI is InChI=1S/C18H21N9O5S2/c1-27(2)17-24-15(21-11-3-7-13(8-4-11)33(19,29)30)23-16(25-17)26-18(28)22-12-5-9-14(10-6-12)34(20,31)32/h3-10H,1-2H3,(H2,19,29,30)(H2,20,31,32)(H3,21,22,23,24,25,26,28). The van der Waals surface area contributed by atoms with Crippen LogP contribution in [0.1, 0.15) is 0 Å². The van der Waals surface area contributed by atoms with E-state index in [-0.39, 0.29) is 27.6 Å². The molecule has 1 heterocycles. The van der Waals surface area contributed by atoms with Crippen molar-refractivity contribution in [3.63, 3.8) is 0 Å². The molecule has 7 N–H and O–H groups in total. The fraction of sp³-hybridized carbons (Fsp3) is 0.111. The van der Waals surface area contributed by atoms with Crippen LogP contribution in [0.4, 0.5) is 34.0 Å². The van der Waals surface area contributed by atoms with E-state index in [1.54, 1.807) is 19.0 Å². The van der Waals surface area contributed by atoms with Crippen molar-refractivity contribution in [2.75, 3.05) is 34.9 Å². The molecule has 0 radical (unpaired) electrons. The van der Waals surface area contributed by atoms with Crippen LogP contribution in [0.5, 0.6) is 0 Å². The molecule has 0 aliphatic rings. The first-order valence-corrected chi connectivity index (χ1v) is 12.4. The number of anilines is 5. The molecule has 16 heteroatoms. The molecule has 14 nitrogen and oxygen atoms in total. The molecule has 0 aliphatic heterocycles. The Morgan fingerprint density at radius 1 is 0.735 bits per heavy atom. The Labute approximate surface area is 195 Å². The molecule has 0 saturated heterocycles. The van der Waals surface area contributed by atoms with Gasteiger partial charge in [0.1, 0.15) is 0 Å². The van der Waals surface area contributed by atoms with E-state index in [0.29, 0.717) is 11.4 Å². The minimum atomic E-state index is -3.85. The molecule has 180 valence electrons. The van der Waals surface area contributed by atoms with Crippen molar-refractivity contribution in [2.45, 2.75) is 9.79 Å². The Hall–Kier alpha value is -3.86. The van der Waals surface area contributed by atoms with Crippen LogP contribution in [0.25, 0.3) is 0 Å². The number of carbonyl (C=O) groups excluding carboxylic acids is 1. The number of hydrogen-bond acceptors (Lipinski definition) is 10. The molecule has 0 fully saturated rings. The number of sulfonamides is 2. The van der Waals surface area contributed by atoms with Crippen molar-refractivity contribution in [2.24, 2.45) is 10.3 Å². The summed E-state index contributed by atoms with van der Waals surface area (Å²) in [5.74, 6) is 0.224. The summed E-state index contributed by atoms with van der Waals surface area (Å²) >= 11 is 0. The first-order valence-electron chi connectivity index (χ1n) is 9.35. The highest BCUT2D eigenvalue weighted by molar-refractivity contribution is 7.89. The van der Waals surface area contributed by atoms with Crippen LogP contribution < -0.4 is 31.1 Å². The molecule has 2 amide bonds. The average molecular weight is 508 g/mol. The van der Waals surface area contributed by atoms with Crippen LogP contribution in [0.15, 0.2) is 58.3 Å². The zero-order valence-corrected chi connectivity index (χ0v) is 19.6. The third kappa shape index (κ3) is 6.58. The Kier molecular flexibility index (Phi) is 6.96. The van der Waals surface area contributed by atoms with Gasteiger partial charge in [0.15, 0.2) is 0 Å². The summed E-state index contributed by atoms with van der Waals surface area (Å²) in [5.41, 5.74) is 0.772. The molecule has 0 spiro atoms. The number of primary sulfonamides is 2. The smallest absolute Gasteiger partial charge is 0.326 e. The van der Waals surface area contributed by atoms with Gasteiger partial charge in [-0.2, -0.15) is 15.0 Å². The number of hydrogen-bond donors (Lipinski definition) is 5. The van der Waals surface area contributed by atoms with Gasteiger partial charge in [-0.25, -0.2) is 31.9 Å². The van der Waals surface area contributed by atoms with Crippen LogP contribution in [-0.4, -0.2) is 51.9 Å². The maximum absolute atomic E-state index is 12.4. The lowest BCUT2D eigenvalue weighted by Gasteiger charge is -2.14. The zero-order chi connectivity index (χ0) is 25.1. The quantitative estimate of drug-likeness (QED) is 0.300. The fourth-order valence-electron chi connectivity index (χ4n) is 2.53. The molecular formula is C18H21N9O5S2. The fourth-order valence-corrected chi connectivity index (χ4v) is 3.56. The largest absolute Gasteiger partial charge is 0.347 e. The van der Waals surface area contributed by atoms with E-state index in [9.17, 15) is 21.6 Å². The van der Waals surface area contributed by atoms with Crippen molar-refractivity contribution in [1.29, 1.82) is 0 Å². The van der Waals surface area contributed by atoms with Gasteiger partial charge >= 0.3 is 6.03 Å². The summed E-state index contributed by atoms with van der Waals surface area (Å²) < 4.78 is 45.5. The van der Waals surface area contributed by atoms with Crippen LogP contribution in [0.2, 0.25) is 0 Å². The highest BCUT2D eigenvalue weighted by Gasteiger charge is 2.13. The number of aromatic nitrogens is 3. The molecule has 0 bridgehead atoms. The molecule has 0 atom stereocenters. The van der Waals surface area contributed by atoms with Gasteiger partial charge in [0.2, 0.25) is 37.9 Å². The van der Waals surface area contributed by atoms with Gasteiger partial charge in [0.25, 0.3) is 0 Å². The lowest BCUT2D eigenvalue weighted by molar-refractivity contribution is 0.262. The minimum absolute atomic E-state index is 0.0567. The van der Waals surface area contributed by atoms with Crippen LogP contribution in [0, 0.1) is 0 Å². The number of nitrogens with zero attached hydrogens (tertiary/aromatic N) is 4. The van der Waals surface area contributed by atoms with E-state index < -0.39 is 26.1 Å². The van der Waals surface area contributed by atoms with Gasteiger partial charge in [0.05, 0.1) is 9.79 Å². The summed E-state index contributed by atoms with van der Waals surface area (Å²) in [5, 5.41) is 18.0. The predicted octanol–water partition coefficient (Wildman–Crippen LogP) is 0.620. The van der Waals surface area contributed by atoms with E-state index in [1.165, 1.54) is 48.5 Å². The number of rotatable bonds is 7. The number of urea groups is 1. The molecular weight excluding hydrogens is 486 g/mol. The minimum Gasteiger partial charge on any atom is -0.347 e. The second-order valence-corrected chi connectivity index (χ2v) is 10.1. The number of nitrogens with one attached hydrogen (secondary N) is 3. The van der Waals surface area contributed by atoms with Crippen molar-refractivity contribution in [1.82, 2.24) is 15.0 Å². The average Bonchev–Trinajstić information content (AvgIpc) is 2.73. The normalized spacial score (nSPS) is 11.5. The highest BCUT2D eigenvalue weighted by Crippen LogP contribution is 2.19. The van der Waals surface area contributed by atoms with Gasteiger partial charge in [-0.15, -0.1) is 0 Å². The van der Waals surface area contributed by atoms with E-state index >= 15 is 0 Å². The molecule has 34 heavy (non-hydrogen) atoms. The van der Waals surface area contributed by atoms with E-state index in [0.717, 1.165) is 0 Å². The van der Waals surface area contributed by atoms with Crippen LogP contribution in [-0.2, 0) is 20.0 Å². The first-order chi connectivity index (χ1) is 15.8. The number of carbonyl (C=O) groups is 1. The first kappa shape index (κ1) is 24.8. The van der Waals surface area contributed by atoms with Crippen molar-refractivity contribution in [3.8, 4) is 0 Å². The lowest BCUT2D eigenvalue weighted by Crippen LogP contribution is -2.23. The Bertz CT molecular complexity index is 1410. The molecule has 0 aliphatic carbocycles. The van der Waals surface area contributed by atoms with E-state index in [2.05, 4.69) is 30.9 Å². The van der Waals surface area contributed by atoms with Gasteiger partial charge in [-0.3, -0.25) is 5.32 Å². The van der Waals surface area contributed by atoms with Crippen LogP contribution >= 0.6 is 0 Å². The lowest BCUT2D eigenvalue weighted by atomic mass is 10.3. The number of nitrogens with two attached hydrogens (primary N) is 2. The van der Waals surface area contributed by atoms with Crippen molar-refractivity contribution < 1.29 is 21.6 Å². The molecule has 0 saturated carbocycles. The number of benzene rings is 2. The zero-order valence-electron chi connectivity index (χ0n) is 17.9. The monoisotopic (exact) mass is 507 g/mol. The van der Waals surface area contributed by atoms with Gasteiger partial charge < -0.3 is 15.5 Å². The molecule has 0 unspecified atom stereocenters. The Morgan fingerprint density at radius 3 is 1.68 bits per heavy atom. The third-order valence-electron chi connectivity index (χ3n) is 4.13. The van der Waals surface area contributed by atoms with Gasteiger partial charge in [0, 0.05) is 25.5 Å². The van der Waals surface area contributed by atoms with Crippen molar-refractivity contribution in [3.05, 3.63) is 48.5 Å². The van der Waals surface area contributed by atoms with Gasteiger partial charge in [-0.05, 0) is 48.5 Å². The summed E-state index contributed by atoms with van der Waals surface area (Å²) in [6, 6.07) is 10.1. The molecule has 1 aromatic heterocycles. The summed E-state index contributed by atoms with van der Waals surface area (Å²) in [7, 11) is -4.30. The highest BCUT2D eigenvalue weighted by atomic mass is 32.2. The molecule has 2 aromatic carbocycles. The van der Waals surface area contributed by atoms with Crippen LogP contribution in [0.3, 0.4) is 0 Å². The topological polar surface area (TPSA) is 215 Å². The van der Waals surface area contributed by atoms with Gasteiger partial charge in [-0.1, -0.05) is 0 Å². The van der Waals surface area contributed by atoms with E-state index in [1.807, 2.05) is 0 Å². The maximum atomic E-state index is 12.4. The Morgan fingerprint density at radius 2 is 1.21 bits per heavy atom. The summed E-state index contributed by atoms with van der Waals surface area (Å²) in [4.78, 5) is 26.3. The van der Waals surface area contributed by atoms with E-state index in [4.69, 9.17) is 10.3 Å². The predicted molar refractivity (Wildman–Crippen MR) is 126 cm³/mol. The Balaban J connectivity index is 1.77. The maximum Gasteiger partial charge on any atom is 0.326 e. The summed E-state index contributed by atoms with van der Waals surface area (Å²) in [6.07, 6.45) is 0. The molecule has 3 rings (SSSR count). The third-order valence-corrected chi connectivity index (χ3v) is 5.99. The number of amides is 2. The SMILES string of the molecule is CN(C)c1nc(NC(=O)Nc2ccc(S(N)(=O)=O)cc2)nc(Nc2ccc(S(N)(=O)=O)cc2)n1. The second-order valence-electron chi connectivity index (χ2n) is 7.02. The van der Waals surface area contributed by atoms with Crippen molar-refractivity contribution >= 4 is 55.3 Å². The summed E-state index contributed by atoms with van der Waals surface area (Å²) in [6.45, 7) is 0.